The summed E-state index contributed by atoms with van der Waals surface area (Å²) in [6.07, 6.45) is -2.14. The minimum atomic E-state index is -4.52. The van der Waals surface area contributed by atoms with Crippen LogP contribution in [0.5, 0.6) is 5.75 Å². The van der Waals surface area contributed by atoms with Crippen molar-refractivity contribution in [2.24, 2.45) is 7.05 Å². The Morgan fingerprint density at radius 1 is 1.35 bits per heavy atom. The van der Waals surface area contributed by atoms with Crippen molar-refractivity contribution in [1.82, 2.24) is 20.3 Å². The van der Waals surface area contributed by atoms with Gasteiger partial charge in [-0.25, -0.2) is 0 Å². The average molecular weight is 370 g/mol. The molecular formula is C17H21F3N4O2. The SMILES string of the molecule is COc1cc([C@@]2(O)C[C@@H](c3cn(C)nn3)N[C@@H](C)C2)ccc1C(F)(F)F. The normalized spacial score (nSPS) is 26.7. The van der Waals surface area contributed by atoms with Crippen LogP contribution in [-0.2, 0) is 18.8 Å². The van der Waals surface area contributed by atoms with Crippen molar-refractivity contribution in [3.63, 3.8) is 0 Å². The first-order valence-electron chi connectivity index (χ1n) is 8.23. The number of ether oxygens (including phenoxy) is 1. The van der Waals surface area contributed by atoms with E-state index < -0.39 is 17.3 Å². The Morgan fingerprint density at radius 2 is 2.08 bits per heavy atom. The van der Waals surface area contributed by atoms with Crippen molar-refractivity contribution in [2.75, 3.05) is 7.11 Å². The van der Waals surface area contributed by atoms with E-state index in [4.69, 9.17) is 4.74 Å². The van der Waals surface area contributed by atoms with E-state index in [0.29, 0.717) is 17.7 Å². The molecule has 3 rings (SSSR count). The Morgan fingerprint density at radius 3 is 2.65 bits per heavy atom. The molecule has 3 atom stereocenters. The number of methoxy groups -OCH3 is 1. The summed E-state index contributed by atoms with van der Waals surface area (Å²) in [7, 11) is 2.93. The van der Waals surface area contributed by atoms with E-state index in [1.165, 1.54) is 19.2 Å². The van der Waals surface area contributed by atoms with Gasteiger partial charge in [-0.2, -0.15) is 13.2 Å². The van der Waals surface area contributed by atoms with Crippen molar-refractivity contribution < 1.29 is 23.0 Å². The second-order valence-electron chi connectivity index (χ2n) is 6.79. The van der Waals surface area contributed by atoms with Crippen molar-refractivity contribution >= 4 is 0 Å². The highest BCUT2D eigenvalue weighted by atomic mass is 19.4. The standard InChI is InChI=1S/C17H21F3N4O2/c1-10-7-16(25,8-13(21-10)14-9-24(2)23-22-14)11-4-5-12(17(18,19)20)15(6-11)26-3/h4-6,9-10,13,21,25H,7-8H2,1-3H3/t10-,13-,16-/m0/s1. The van der Waals surface area contributed by atoms with E-state index >= 15 is 0 Å². The Hall–Kier alpha value is -2.13. The first-order valence-corrected chi connectivity index (χ1v) is 8.23. The van der Waals surface area contributed by atoms with Crippen LogP contribution < -0.4 is 10.1 Å². The molecule has 1 fully saturated rings. The summed E-state index contributed by atoms with van der Waals surface area (Å²) < 4.78 is 45.7. The summed E-state index contributed by atoms with van der Waals surface area (Å²) in [6, 6.07) is 3.22. The van der Waals surface area contributed by atoms with Crippen LogP contribution in [0.25, 0.3) is 0 Å². The molecule has 0 amide bonds. The molecule has 1 aromatic carbocycles. The number of aryl methyl sites for hydroxylation is 1. The lowest BCUT2D eigenvalue weighted by atomic mass is 9.78. The number of aliphatic hydroxyl groups is 1. The predicted octanol–water partition coefficient (Wildman–Crippen LogP) is 2.54. The number of benzene rings is 1. The maximum absolute atomic E-state index is 13.1. The van der Waals surface area contributed by atoms with Gasteiger partial charge >= 0.3 is 6.18 Å². The fourth-order valence-corrected chi connectivity index (χ4v) is 3.55. The molecule has 1 aliphatic rings. The monoisotopic (exact) mass is 370 g/mol. The molecule has 0 radical (unpaired) electrons. The van der Waals surface area contributed by atoms with E-state index in [0.717, 1.165) is 6.07 Å². The van der Waals surface area contributed by atoms with Gasteiger partial charge in [-0.3, -0.25) is 4.68 Å². The third kappa shape index (κ3) is 3.54. The van der Waals surface area contributed by atoms with Gasteiger partial charge in [0.05, 0.1) is 30.0 Å². The molecule has 1 aliphatic heterocycles. The van der Waals surface area contributed by atoms with E-state index in [1.807, 2.05) is 6.92 Å². The summed E-state index contributed by atoms with van der Waals surface area (Å²) in [5, 5.41) is 22.6. The lowest BCUT2D eigenvalue weighted by Crippen LogP contribution is -2.47. The molecule has 1 aromatic heterocycles. The Kier molecular flexibility index (Phi) is 4.70. The van der Waals surface area contributed by atoms with Crippen LogP contribution in [0.4, 0.5) is 13.2 Å². The number of rotatable bonds is 3. The molecule has 0 spiro atoms. The van der Waals surface area contributed by atoms with E-state index in [1.54, 1.807) is 17.9 Å². The summed E-state index contributed by atoms with van der Waals surface area (Å²) in [5.74, 6) is -0.300. The first kappa shape index (κ1) is 18.7. The number of nitrogens with zero attached hydrogens (tertiary/aromatic N) is 3. The number of hydrogen-bond acceptors (Lipinski definition) is 5. The molecular weight excluding hydrogens is 349 g/mol. The van der Waals surface area contributed by atoms with Crippen LogP contribution in [0.1, 0.15) is 42.6 Å². The van der Waals surface area contributed by atoms with Gasteiger partial charge in [0.1, 0.15) is 5.75 Å². The summed E-state index contributed by atoms with van der Waals surface area (Å²) in [4.78, 5) is 0. The highest BCUT2D eigenvalue weighted by Crippen LogP contribution is 2.43. The topological polar surface area (TPSA) is 72.2 Å². The molecule has 2 N–H and O–H groups in total. The number of hydrogen-bond donors (Lipinski definition) is 2. The van der Waals surface area contributed by atoms with Crippen molar-refractivity contribution in [2.45, 2.75) is 43.6 Å². The van der Waals surface area contributed by atoms with Crippen LogP contribution in [-0.4, -0.2) is 33.3 Å². The number of piperidine rings is 1. The van der Waals surface area contributed by atoms with Gasteiger partial charge in [-0.05, 0) is 31.0 Å². The number of nitrogens with one attached hydrogen (secondary N) is 1. The third-order valence-corrected chi connectivity index (χ3v) is 4.69. The first-order chi connectivity index (χ1) is 12.1. The van der Waals surface area contributed by atoms with Crippen LogP contribution in [0.15, 0.2) is 24.4 Å². The maximum Gasteiger partial charge on any atom is 0.419 e. The number of aromatic nitrogens is 3. The molecule has 142 valence electrons. The second kappa shape index (κ2) is 6.55. The van der Waals surface area contributed by atoms with Crippen LogP contribution in [0.3, 0.4) is 0 Å². The van der Waals surface area contributed by atoms with Crippen LogP contribution in [0.2, 0.25) is 0 Å². The smallest absolute Gasteiger partial charge is 0.419 e. The van der Waals surface area contributed by atoms with Gasteiger partial charge in [-0.1, -0.05) is 11.3 Å². The fraction of sp³-hybridized carbons (Fsp3) is 0.529. The molecule has 9 heteroatoms. The molecule has 2 heterocycles. The minimum absolute atomic E-state index is 0.0611. The van der Waals surface area contributed by atoms with E-state index in [9.17, 15) is 18.3 Å². The van der Waals surface area contributed by atoms with Gasteiger partial charge in [0.15, 0.2) is 0 Å². The van der Waals surface area contributed by atoms with Crippen molar-refractivity contribution in [1.29, 1.82) is 0 Å². The molecule has 2 aromatic rings. The van der Waals surface area contributed by atoms with Gasteiger partial charge in [0, 0.05) is 25.7 Å². The van der Waals surface area contributed by atoms with Crippen LogP contribution >= 0.6 is 0 Å². The fourth-order valence-electron chi connectivity index (χ4n) is 3.55. The highest BCUT2D eigenvalue weighted by Gasteiger charge is 2.42. The lowest BCUT2D eigenvalue weighted by Gasteiger charge is -2.41. The molecule has 0 unspecified atom stereocenters. The van der Waals surface area contributed by atoms with E-state index in [-0.39, 0.29) is 24.3 Å². The molecule has 0 aliphatic carbocycles. The average Bonchev–Trinajstić information content (AvgIpc) is 2.99. The summed E-state index contributed by atoms with van der Waals surface area (Å²) in [6.45, 7) is 1.91. The maximum atomic E-state index is 13.1. The van der Waals surface area contributed by atoms with Crippen LogP contribution in [0, 0.1) is 0 Å². The summed E-state index contributed by atoms with van der Waals surface area (Å²) in [5.41, 5.74) is -1.09. The molecule has 6 nitrogen and oxygen atoms in total. The third-order valence-electron chi connectivity index (χ3n) is 4.69. The predicted molar refractivity (Wildman–Crippen MR) is 87.5 cm³/mol. The quantitative estimate of drug-likeness (QED) is 0.869. The number of alkyl halides is 3. The molecule has 26 heavy (non-hydrogen) atoms. The summed E-state index contributed by atoms with van der Waals surface area (Å²) >= 11 is 0. The van der Waals surface area contributed by atoms with E-state index in [2.05, 4.69) is 15.6 Å². The second-order valence-corrected chi connectivity index (χ2v) is 6.79. The number of halogens is 3. The molecule has 0 saturated carbocycles. The highest BCUT2D eigenvalue weighted by molar-refractivity contribution is 5.42. The Balaban J connectivity index is 1.96. The lowest BCUT2D eigenvalue weighted by molar-refractivity contribution is -0.138. The van der Waals surface area contributed by atoms with Crippen molar-refractivity contribution in [3.05, 3.63) is 41.2 Å². The van der Waals surface area contributed by atoms with Crippen molar-refractivity contribution in [3.8, 4) is 5.75 Å². The minimum Gasteiger partial charge on any atom is -0.496 e. The van der Waals surface area contributed by atoms with Gasteiger partial charge < -0.3 is 15.2 Å². The Bertz CT molecular complexity index is 793. The Labute approximate surface area is 149 Å². The molecule has 1 saturated heterocycles. The van der Waals surface area contributed by atoms with Gasteiger partial charge in [0.2, 0.25) is 0 Å². The zero-order valence-electron chi connectivity index (χ0n) is 14.7. The van der Waals surface area contributed by atoms with Gasteiger partial charge in [0.25, 0.3) is 0 Å². The zero-order valence-corrected chi connectivity index (χ0v) is 14.7. The van der Waals surface area contributed by atoms with Gasteiger partial charge in [-0.15, -0.1) is 5.10 Å². The largest absolute Gasteiger partial charge is 0.496 e. The zero-order chi connectivity index (χ0) is 19.1. The molecule has 0 bridgehead atoms.